The van der Waals surface area contributed by atoms with Crippen LogP contribution in [-0.2, 0) is 4.74 Å². The number of ether oxygens (including phenoxy) is 1. The molecule has 0 aromatic rings. The van der Waals surface area contributed by atoms with E-state index in [2.05, 4.69) is 14.5 Å². The zero-order valence-corrected chi connectivity index (χ0v) is 7.46. The van der Waals surface area contributed by atoms with Crippen molar-refractivity contribution in [3.63, 3.8) is 0 Å². The fourth-order valence-electron chi connectivity index (χ4n) is 0.617. The second kappa shape index (κ2) is 9.31. The minimum absolute atomic E-state index is 0.627. The molecule has 0 amide bonds. The van der Waals surface area contributed by atoms with E-state index in [9.17, 15) is 0 Å². The lowest BCUT2D eigenvalue weighted by Gasteiger charge is -2.00. The van der Waals surface area contributed by atoms with Crippen molar-refractivity contribution in [1.82, 2.24) is 5.09 Å². The minimum Gasteiger partial charge on any atom is -0.380 e. The lowest BCUT2D eigenvalue weighted by Crippen LogP contribution is -2.09. The molecule has 0 saturated carbocycles. The number of nitrogens with two attached hydrogens (primary N) is 1. The van der Waals surface area contributed by atoms with Gasteiger partial charge >= 0.3 is 0 Å². The predicted octanol–water partition coefficient (Wildman–Crippen LogP) is 0.122. The van der Waals surface area contributed by atoms with E-state index >= 15 is 0 Å². The van der Waals surface area contributed by atoms with Crippen molar-refractivity contribution < 1.29 is 4.74 Å². The maximum Gasteiger partial charge on any atom is 0.0588 e. The second-order valence-electron chi connectivity index (χ2n) is 2.06. The van der Waals surface area contributed by atoms with E-state index in [1.54, 1.807) is 0 Å². The molecule has 3 N–H and O–H groups in total. The summed E-state index contributed by atoms with van der Waals surface area (Å²) in [6.45, 7) is 3.19. The van der Waals surface area contributed by atoms with E-state index in [1.165, 1.54) is 0 Å². The zero-order valence-electron chi connectivity index (χ0n) is 6.31. The first-order valence-electron chi connectivity index (χ1n) is 3.63. The van der Waals surface area contributed by atoms with Crippen LogP contribution in [0.1, 0.15) is 12.8 Å². The highest BCUT2D eigenvalue weighted by Crippen LogP contribution is 1.88. The van der Waals surface area contributed by atoms with Gasteiger partial charge in [-0.25, -0.2) is 0 Å². The highest BCUT2D eigenvalue weighted by atomic mass is 31.0. The number of hydrogen-bond acceptors (Lipinski definition) is 3. The Kier molecular flexibility index (Phi) is 9.60. The molecule has 0 aromatic heterocycles. The van der Waals surface area contributed by atoms with E-state index in [0.717, 1.165) is 26.0 Å². The van der Waals surface area contributed by atoms with E-state index in [1.807, 2.05) is 0 Å². The van der Waals surface area contributed by atoms with Gasteiger partial charge in [-0.05, 0) is 19.4 Å². The van der Waals surface area contributed by atoms with E-state index in [-0.39, 0.29) is 0 Å². The van der Waals surface area contributed by atoms with Crippen molar-refractivity contribution in [3.05, 3.63) is 0 Å². The zero-order chi connectivity index (χ0) is 7.66. The summed E-state index contributed by atoms with van der Waals surface area (Å²) in [4.78, 5) is 0. The molecule has 0 aromatic carbocycles. The van der Waals surface area contributed by atoms with Crippen molar-refractivity contribution in [3.8, 4) is 0 Å². The monoisotopic (exact) mass is 164 g/mol. The molecule has 0 aliphatic heterocycles. The summed E-state index contributed by atoms with van der Waals surface area (Å²) in [7, 11) is 2.48. The Hall–Kier alpha value is 0.310. The van der Waals surface area contributed by atoms with Crippen molar-refractivity contribution in [2.75, 3.05) is 26.3 Å². The van der Waals surface area contributed by atoms with Gasteiger partial charge in [-0.3, -0.25) is 0 Å². The Morgan fingerprint density at radius 3 is 2.70 bits per heavy atom. The van der Waals surface area contributed by atoms with Crippen LogP contribution in [0, 0.1) is 0 Å². The molecule has 0 spiro atoms. The van der Waals surface area contributed by atoms with Gasteiger partial charge in [0, 0.05) is 13.2 Å². The summed E-state index contributed by atoms with van der Waals surface area (Å²) in [5.74, 6) is 0. The number of unbranched alkanes of at least 4 members (excludes halogenated alkanes) is 1. The van der Waals surface area contributed by atoms with E-state index in [4.69, 9.17) is 10.5 Å². The third-order valence-corrected chi connectivity index (χ3v) is 1.41. The molecule has 4 heteroatoms. The molecule has 0 rings (SSSR count). The molecule has 0 radical (unpaired) electrons. The molecule has 0 heterocycles. The molecule has 0 saturated heterocycles. The van der Waals surface area contributed by atoms with Crippen LogP contribution in [0.4, 0.5) is 0 Å². The molecule has 62 valence electrons. The van der Waals surface area contributed by atoms with Gasteiger partial charge in [0.1, 0.15) is 0 Å². The number of hydrogen-bond donors (Lipinski definition) is 2. The van der Waals surface area contributed by atoms with E-state index in [0.29, 0.717) is 13.2 Å². The Morgan fingerprint density at radius 1 is 1.30 bits per heavy atom. The summed E-state index contributed by atoms with van der Waals surface area (Å²) in [6, 6.07) is 0. The SMILES string of the molecule is NCCOCCCCNP. The molecule has 0 aliphatic rings. The molecular weight excluding hydrogens is 147 g/mol. The summed E-state index contributed by atoms with van der Waals surface area (Å²) in [5.41, 5.74) is 5.23. The van der Waals surface area contributed by atoms with E-state index < -0.39 is 0 Å². The van der Waals surface area contributed by atoms with Crippen molar-refractivity contribution in [2.45, 2.75) is 12.8 Å². The highest BCUT2D eigenvalue weighted by Gasteiger charge is 1.86. The summed E-state index contributed by atoms with van der Waals surface area (Å²) in [6.07, 6.45) is 2.27. The lowest BCUT2D eigenvalue weighted by molar-refractivity contribution is 0.138. The van der Waals surface area contributed by atoms with Crippen LogP contribution in [0.15, 0.2) is 0 Å². The predicted molar refractivity (Wildman–Crippen MR) is 46.8 cm³/mol. The summed E-state index contributed by atoms with van der Waals surface area (Å²) >= 11 is 0. The van der Waals surface area contributed by atoms with Crippen LogP contribution in [0.25, 0.3) is 0 Å². The molecule has 0 bridgehead atoms. The Labute approximate surface area is 65.0 Å². The van der Waals surface area contributed by atoms with Gasteiger partial charge in [0.15, 0.2) is 0 Å². The molecule has 3 nitrogen and oxygen atoms in total. The third-order valence-electron chi connectivity index (χ3n) is 1.12. The van der Waals surface area contributed by atoms with Crippen molar-refractivity contribution in [2.24, 2.45) is 5.73 Å². The minimum atomic E-state index is 0.627. The van der Waals surface area contributed by atoms with Crippen molar-refractivity contribution >= 4 is 9.39 Å². The normalized spacial score (nSPS) is 10.2. The standard InChI is InChI=1S/C6H17N2OP/c7-3-6-9-5-2-1-4-8-10/h8H,1-7,10H2. The van der Waals surface area contributed by atoms with Gasteiger partial charge in [-0.2, -0.15) is 0 Å². The molecule has 0 fully saturated rings. The number of nitrogens with one attached hydrogen (secondary N) is 1. The van der Waals surface area contributed by atoms with Gasteiger partial charge < -0.3 is 15.6 Å². The fourth-order valence-corrected chi connectivity index (χ4v) is 0.821. The van der Waals surface area contributed by atoms with Gasteiger partial charge in [0.05, 0.1) is 6.61 Å². The molecular formula is C6H17N2OP. The molecule has 10 heavy (non-hydrogen) atoms. The van der Waals surface area contributed by atoms with Gasteiger partial charge in [0.25, 0.3) is 0 Å². The largest absolute Gasteiger partial charge is 0.380 e. The smallest absolute Gasteiger partial charge is 0.0588 e. The Morgan fingerprint density at radius 2 is 2.10 bits per heavy atom. The molecule has 1 unspecified atom stereocenters. The quantitative estimate of drug-likeness (QED) is 0.415. The van der Waals surface area contributed by atoms with Crippen LogP contribution >= 0.6 is 9.39 Å². The maximum atomic E-state index is 5.23. The topological polar surface area (TPSA) is 47.3 Å². The second-order valence-corrected chi connectivity index (χ2v) is 2.47. The Balaban J connectivity index is 2.65. The number of rotatable bonds is 7. The first-order valence-corrected chi connectivity index (χ1v) is 4.21. The fraction of sp³-hybridized carbons (Fsp3) is 1.00. The average molecular weight is 164 g/mol. The van der Waals surface area contributed by atoms with Crippen LogP contribution in [0.5, 0.6) is 0 Å². The van der Waals surface area contributed by atoms with Crippen molar-refractivity contribution in [1.29, 1.82) is 0 Å². The Bertz CT molecular complexity index is 55.7. The lowest BCUT2D eigenvalue weighted by atomic mass is 10.3. The average Bonchev–Trinajstić information content (AvgIpc) is 1.97. The van der Waals surface area contributed by atoms with Gasteiger partial charge in [-0.1, -0.05) is 9.39 Å². The first-order chi connectivity index (χ1) is 4.91. The summed E-state index contributed by atoms with van der Waals surface area (Å²) < 4.78 is 5.17. The van der Waals surface area contributed by atoms with Crippen LogP contribution in [0.2, 0.25) is 0 Å². The van der Waals surface area contributed by atoms with Crippen LogP contribution in [-0.4, -0.2) is 26.3 Å². The summed E-state index contributed by atoms with van der Waals surface area (Å²) in [5, 5.41) is 3.00. The van der Waals surface area contributed by atoms with Crippen LogP contribution < -0.4 is 10.8 Å². The maximum absolute atomic E-state index is 5.23. The molecule has 0 aliphatic carbocycles. The molecule has 1 atom stereocenters. The van der Waals surface area contributed by atoms with Crippen LogP contribution in [0.3, 0.4) is 0 Å². The first kappa shape index (κ1) is 10.3. The highest BCUT2D eigenvalue weighted by molar-refractivity contribution is 7.13. The van der Waals surface area contributed by atoms with Gasteiger partial charge in [0.2, 0.25) is 0 Å². The van der Waals surface area contributed by atoms with Gasteiger partial charge in [-0.15, -0.1) is 0 Å². The third kappa shape index (κ3) is 8.31.